The number of carbonyl (C=O) groups excluding carboxylic acids is 2. The fourth-order valence-corrected chi connectivity index (χ4v) is 4.10. The molecule has 0 unspecified atom stereocenters. The number of amides is 2. The summed E-state index contributed by atoms with van der Waals surface area (Å²) in [5, 5.41) is 3.03. The molecule has 6 nitrogen and oxygen atoms in total. The van der Waals surface area contributed by atoms with E-state index in [-0.39, 0.29) is 17.7 Å². The van der Waals surface area contributed by atoms with Gasteiger partial charge in [-0.2, -0.15) is 0 Å². The molecule has 156 valence electrons. The third-order valence-corrected chi connectivity index (χ3v) is 5.74. The second kappa shape index (κ2) is 8.61. The lowest BCUT2D eigenvalue weighted by molar-refractivity contribution is -0.126. The number of nitrogens with one attached hydrogen (secondary N) is 1. The average Bonchev–Trinajstić information content (AvgIpc) is 3.42. The van der Waals surface area contributed by atoms with Gasteiger partial charge in [-0.15, -0.1) is 0 Å². The van der Waals surface area contributed by atoms with Crippen molar-refractivity contribution < 1.29 is 14.0 Å². The highest BCUT2D eigenvalue weighted by molar-refractivity contribution is 5.92. The summed E-state index contributed by atoms with van der Waals surface area (Å²) < 4.78 is 7.41. The van der Waals surface area contributed by atoms with Crippen LogP contribution in [-0.2, 0) is 11.3 Å². The zero-order valence-corrected chi connectivity index (χ0v) is 17.4. The highest BCUT2D eigenvalue weighted by Crippen LogP contribution is 2.20. The standard InChI is InChI=1S/C24H27N3O3/c1-17-7-8-18(2)27(17)21-11-9-19(10-12-21)15-25-23(28)20-5-3-13-26(16-20)24(29)22-6-4-14-30-22/h4,6-12,14,20H,3,5,13,15-16H2,1-2H3,(H,25,28)/t20-/m1/s1. The number of furan rings is 1. The first kappa shape index (κ1) is 20.0. The topological polar surface area (TPSA) is 67.5 Å². The first-order valence-corrected chi connectivity index (χ1v) is 10.4. The summed E-state index contributed by atoms with van der Waals surface area (Å²) in [6, 6.07) is 15.8. The van der Waals surface area contributed by atoms with Crippen LogP contribution in [0.1, 0.15) is 40.3 Å². The van der Waals surface area contributed by atoms with Crippen molar-refractivity contribution in [2.24, 2.45) is 5.92 Å². The number of hydrogen-bond donors (Lipinski definition) is 1. The number of aromatic nitrogens is 1. The molecule has 1 saturated heterocycles. The first-order valence-electron chi connectivity index (χ1n) is 10.4. The molecule has 1 N–H and O–H groups in total. The predicted molar refractivity (Wildman–Crippen MR) is 114 cm³/mol. The molecule has 0 aliphatic carbocycles. The molecule has 4 rings (SSSR count). The van der Waals surface area contributed by atoms with E-state index in [9.17, 15) is 9.59 Å². The number of benzene rings is 1. The molecule has 2 aromatic heterocycles. The molecule has 3 heterocycles. The quantitative estimate of drug-likeness (QED) is 0.701. The van der Waals surface area contributed by atoms with Crippen molar-refractivity contribution in [1.82, 2.24) is 14.8 Å². The number of likely N-dealkylation sites (tertiary alicyclic amines) is 1. The Hall–Kier alpha value is -3.28. The van der Waals surface area contributed by atoms with Crippen molar-refractivity contribution >= 4 is 11.8 Å². The van der Waals surface area contributed by atoms with Crippen molar-refractivity contribution in [2.45, 2.75) is 33.2 Å². The van der Waals surface area contributed by atoms with Crippen molar-refractivity contribution in [2.75, 3.05) is 13.1 Å². The van der Waals surface area contributed by atoms with E-state index in [1.165, 1.54) is 17.7 Å². The van der Waals surface area contributed by atoms with Crippen LogP contribution in [0, 0.1) is 19.8 Å². The van der Waals surface area contributed by atoms with Gasteiger partial charge in [-0.3, -0.25) is 9.59 Å². The van der Waals surface area contributed by atoms with Gasteiger partial charge in [0.1, 0.15) is 0 Å². The molecule has 0 bridgehead atoms. The normalized spacial score (nSPS) is 16.5. The Bertz CT molecular complexity index is 999. The van der Waals surface area contributed by atoms with E-state index >= 15 is 0 Å². The van der Waals surface area contributed by atoms with Crippen LogP contribution in [0.5, 0.6) is 0 Å². The van der Waals surface area contributed by atoms with E-state index in [4.69, 9.17) is 4.42 Å². The maximum absolute atomic E-state index is 12.7. The molecule has 0 spiro atoms. The van der Waals surface area contributed by atoms with Crippen LogP contribution < -0.4 is 5.32 Å². The van der Waals surface area contributed by atoms with Crippen molar-refractivity contribution in [3.05, 3.63) is 77.5 Å². The Morgan fingerprint density at radius 2 is 1.80 bits per heavy atom. The first-order chi connectivity index (χ1) is 14.5. The molecule has 0 saturated carbocycles. The minimum absolute atomic E-state index is 0.00637. The fraction of sp³-hybridized carbons (Fsp3) is 0.333. The minimum Gasteiger partial charge on any atom is -0.459 e. The Kier molecular flexibility index (Phi) is 5.74. The summed E-state index contributed by atoms with van der Waals surface area (Å²) >= 11 is 0. The maximum atomic E-state index is 12.7. The van der Waals surface area contributed by atoms with Gasteiger partial charge in [-0.25, -0.2) is 0 Å². The molecular weight excluding hydrogens is 378 g/mol. The molecule has 0 radical (unpaired) electrons. The van der Waals surface area contributed by atoms with Crippen LogP contribution in [0.15, 0.2) is 59.2 Å². The zero-order chi connectivity index (χ0) is 21.1. The summed E-state index contributed by atoms with van der Waals surface area (Å²) in [6.45, 7) is 5.74. The molecule has 30 heavy (non-hydrogen) atoms. The van der Waals surface area contributed by atoms with E-state index in [0.29, 0.717) is 25.4 Å². The highest BCUT2D eigenvalue weighted by Gasteiger charge is 2.29. The highest BCUT2D eigenvalue weighted by atomic mass is 16.3. The van der Waals surface area contributed by atoms with Crippen molar-refractivity contribution in [3.63, 3.8) is 0 Å². The van der Waals surface area contributed by atoms with Gasteiger partial charge in [0.05, 0.1) is 12.2 Å². The Morgan fingerprint density at radius 3 is 2.47 bits per heavy atom. The van der Waals surface area contributed by atoms with Crippen LogP contribution in [0.2, 0.25) is 0 Å². The number of aryl methyl sites for hydroxylation is 2. The monoisotopic (exact) mass is 405 g/mol. The molecule has 1 aliphatic heterocycles. The van der Waals surface area contributed by atoms with E-state index in [0.717, 1.165) is 24.1 Å². The molecule has 1 aliphatic rings. The lowest BCUT2D eigenvalue weighted by Gasteiger charge is -2.31. The number of rotatable bonds is 5. The smallest absolute Gasteiger partial charge is 0.289 e. The van der Waals surface area contributed by atoms with Crippen molar-refractivity contribution in [1.29, 1.82) is 0 Å². The van der Waals surface area contributed by atoms with E-state index < -0.39 is 0 Å². The van der Waals surface area contributed by atoms with Gasteiger partial charge < -0.3 is 19.2 Å². The average molecular weight is 405 g/mol. The fourth-order valence-electron chi connectivity index (χ4n) is 4.10. The third kappa shape index (κ3) is 4.17. The minimum atomic E-state index is -0.192. The molecule has 3 aromatic rings. The van der Waals surface area contributed by atoms with Gasteiger partial charge in [0, 0.05) is 36.7 Å². The number of carbonyl (C=O) groups is 2. The Balaban J connectivity index is 1.33. The van der Waals surface area contributed by atoms with Gasteiger partial charge in [-0.1, -0.05) is 12.1 Å². The van der Waals surface area contributed by atoms with Gasteiger partial charge >= 0.3 is 0 Å². The summed E-state index contributed by atoms with van der Waals surface area (Å²) in [6.07, 6.45) is 3.10. The predicted octanol–water partition coefficient (Wildman–Crippen LogP) is 3.86. The summed E-state index contributed by atoms with van der Waals surface area (Å²) in [5.74, 6) is -0.0248. The van der Waals surface area contributed by atoms with Crippen molar-refractivity contribution in [3.8, 4) is 5.69 Å². The summed E-state index contributed by atoms with van der Waals surface area (Å²) in [4.78, 5) is 26.9. The van der Waals surface area contributed by atoms with Gasteiger partial charge in [0.25, 0.3) is 5.91 Å². The number of piperidine rings is 1. The van der Waals surface area contributed by atoms with Gasteiger partial charge in [0.15, 0.2) is 5.76 Å². The van der Waals surface area contributed by atoms with E-state index in [2.05, 4.69) is 48.0 Å². The molecule has 6 heteroatoms. The van der Waals surface area contributed by atoms with E-state index in [1.54, 1.807) is 17.0 Å². The Labute approximate surface area is 176 Å². The maximum Gasteiger partial charge on any atom is 0.289 e. The molecule has 1 atom stereocenters. The zero-order valence-electron chi connectivity index (χ0n) is 17.4. The number of hydrogen-bond acceptors (Lipinski definition) is 3. The lowest BCUT2D eigenvalue weighted by atomic mass is 9.96. The Morgan fingerprint density at radius 1 is 1.07 bits per heavy atom. The lowest BCUT2D eigenvalue weighted by Crippen LogP contribution is -2.45. The second-order valence-corrected chi connectivity index (χ2v) is 7.90. The molecule has 2 amide bonds. The van der Waals surface area contributed by atoms with Crippen LogP contribution in [0.4, 0.5) is 0 Å². The third-order valence-electron chi connectivity index (χ3n) is 5.74. The molecule has 1 aromatic carbocycles. The largest absolute Gasteiger partial charge is 0.459 e. The van der Waals surface area contributed by atoms with Crippen LogP contribution >= 0.6 is 0 Å². The second-order valence-electron chi connectivity index (χ2n) is 7.90. The SMILES string of the molecule is Cc1ccc(C)n1-c1ccc(CNC(=O)[C@@H]2CCCN(C(=O)c3ccco3)C2)cc1. The molecule has 1 fully saturated rings. The molecular formula is C24H27N3O3. The van der Waals surface area contributed by atoms with Gasteiger partial charge in [-0.05, 0) is 68.7 Å². The number of nitrogens with zero attached hydrogens (tertiary/aromatic N) is 2. The van der Waals surface area contributed by atoms with Crippen LogP contribution in [0.3, 0.4) is 0 Å². The summed E-state index contributed by atoms with van der Waals surface area (Å²) in [7, 11) is 0. The summed E-state index contributed by atoms with van der Waals surface area (Å²) in [5.41, 5.74) is 4.55. The van der Waals surface area contributed by atoms with Crippen LogP contribution in [-0.4, -0.2) is 34.4 Å². The van der Waals surface area contributed by atoms with E-state index in [1.807, 2.05) is 12.1 Å². The van der Waals surface area contributed by atoms with Gasteiger partial charge in [0.2, 0.25) is 5.91 Å². The van der Waals surface area contributed by atoms with Crippen LogP contribution in [0.25, 0.3) is 5.69 Å².